The Labute approximate surface area is 191 Å². The van der Waals surface area contributed by atoms with Crippen LogP contribution in [-0.4, -0.2) is 29.5 Å². The van der Waals surface area contributed by atoms with Gasteiger partial charge in [0, 0.05) is 30.4 Å². The largest absolute Gasteiger partial charge is 0.437 e. The molecule has 0 bridgehead atoms. The number of benzene rings is 1. The number of rotatable bonds is 2. The molecule has 0 saturated heterocycles. The van der Waals surface area contributed by atoms with Crippen LogP contribution in [0.15, 0.2) is 88.9 Å². The highest BCUT2D eigenvalue weighted by molar-refractivity contribution is 5.86. The molecule has 0 radical (unpaired) electrons. The molecule has 5 aromatic heterocycles. The number of pyridine rings is 2. The van der Waals surface area contributed by atoms with Crippen molar-refractivity contribution >= 4 is 16.6 Å². The molecule has 6 heterocycles. The van der Waals surface area contributed by atoms with Crippen LogP contribution in [0.5, 0.6) is 11.6 Å². The Bertz CT molecular complexity index is 1760. The summed E-state index contributed by atoms with van der Waals surface area (Å²) in [6.45, 7) is 0. The van der Waals surface area contributed by atoms with Crippen molar-refractivity contribution in [1.29, 1.82) is 0 Å². The summed E-state index contributed by atoms with van der Waals surface area (Å²) in [4.78, 5) is 30.9. The topological polar surface area (TPSA) is 108 Å². The van der Waals surface area contributed by atoms with Crippen LogP contribution in [0.4, 0.5) is 0 Å². The van der Waals surface area contributed by atoms with Crippen LogP contribution in [0.3, 0.4) is 0 Å². The third-order valence-corrected chi connectivity index (χ3v) is 5.92. The maximum absolute atomic E-state index is 13.3. The Kier molecular flexibility index (Phi) is 3.86. The second-order valence-electron chi connectivity index (χ2n) is 7.85. The first kappa shape index (κ1) is 18.6. The van der Waals surface area contributed by atoms with Crippen molar-refractivity contribution in [2.75, 3.05) is 0 Å². The molecule has 1 aliphatic heterocycles. The van der Waals surface area contributed by atoms with Crippen LogP contribution in [0, 0.1) is 0 Å². The summed E-state index contributed by atoms with van der Waals surface area (Å²) in [7, 11) is 0. The van der Waals surface area contributed by atoms with Gasteiger partial charge in [-0.2, -0.15) is 0 Å². The standard InChI is InChI=1S/C25H14N6O3/c32-25-19-18(14-7-10-26-11-8-14)20-23-29-22(15-4-3-9-27-12-15)30-31(23)13-28-24(20)34-21(19)16-5-1-2-6-17(16)33-25/h1-13,18H. The van der Waals surface area contributed by atoms with E-state index in [1.165, 1.54) is 0 Å². The number of ether oxygens (including phenoxy) is 1. The summed E-state index contributed by atoms with van der Waals surface area (Å²) in [6.07, 6.45) is 8.32. The molecular formula is C25H14N6O3. The first-order valence-corrected chi connectivity index (χ1v) is 10.6. The van der Waals surface area contributed by atoms with Crippen molar-refractivity contribution in [1.82, 2.24) is 29.5 Å². The fourth-order valence-corrected chi connectivity index (χ4v) is 4.44. The van der Waals surface area contributed by atoms with E-state index in [0.29, 0.717) is 45.2 Å². The highest BCUT2D eigenvalue weighted by Gasteiger charge is 2.37. The zero-order chi connectivity index (χ0) is 22.6. The van der Waals surface area contributed by atoms with Gasteiger partial charge < -0.3 is 9.15 Å². The number of aromatic nitrogens is 6. The van der Waals surface area contributed by atoms with E-state index >= 15 is 0 Å². The highest BCUT2D eigenvalue weighted by Crippen LogP contribution is 2.48. The molecule has 9 heteroatoms. The van der Waals surface area contributed by atoms with Gasteiger partial charge in [-0.05, 0) is 42.0 Å². The van der Waals surface area contributed by atoms with E-state index < -0.39 is 11.5 Å². The Morgan fingerprint density at radius 3 is 2.65 bits per heavy atom. The average molecular weight is 446 g/mol. The predicted octanol–water partition coefficient (Wildman–Crippen LogP) is 3.97. The maximum atomic E-state index is 13.3. The predicted molar refractivity (Wildman–Crippen MR) is 122 cm³/mol. The van der Waals surface area contributed by atoms with Crippen molar-refractivity contribution in [2.24, 2.45) is 0 Å². The van der Waals surface area contributed by atoms with Gasteiger partial charge in [0.1, 0.15) is 11.9 Å². The second-order valence-corrected chi connectivity index (χ2v) is 7.85. The summed E-state index contributed by atoms with van der Waals surface area (Å²) in [5.74, 6) is 0.755. The fourth-order valence-electron chi connectivity index (χ4n) is 4.44. The summed E-state index contributed by atoms with van der Waals surface area (Å²) in [5.41, 5.74) is 3.13. The second kappa shape index (κ2) is 7.04. The van der Waals surface area contributed by atoms with E-state index in [0.717, 1.165) is 11.1 Å². The quantitative estimate of drug-likeness (QED) is 0.367. The summed E-state index contributed by atoms with van der Waals surface area (Å²) < 4.78 is 13.5. The lowest BCUT2D eigenvalue weighted by Gasteiger charge is -2.27. The first-order valence-electron chi connectivity index (χ1n) is 10.6. The van der Waals surface area contributed by atoms with Gasteiger partial charge in [0.05, 0.1) is 22.4 Å². The minimum absolute atomic E-state index is 0.364. The molecule has 0 saturated carbocycles. The Balaban J connectivity index is 1.56. The lowest BCUT2D eigenvalue weighted by Crippen LogP contribution is -2.22. The van der Waals surface area contributed by atoms with Gasteiger partial charge in [-0.3, -0.25) is 9.97 Å². The molecule has 0 N–H and O–H groups in total. The van der Waals surface area contributed by atoms with E-state index in [2.05, 4.69) is 20.1 Å². The average Bonchev–Trinajstić information content (AvgIpc) is 3.33. The number of fused-ring (bicyclic) bond motifs is 6. The Morgan fingerprint density at radius 1 is 0.912 bits per heavy atom. The lowest BCUT2D eigenvalue weighted by atomic mass is 9.84. The van der Waals surface area contributed by atoms with Gasteiger partial charge >= 0.3 is 5.63 Å². The van der Waals surface area contributed by atoms with Crippen LogP contribution in [0.25, 0.3) is 28.0 Å². The van der Waals surface area contributed by atoms with Crippen LogP contribution >= 0.6 is 0 Å². The molecule has 1 atom stereocenters. The normalized spacial score (nSPS) is 14.5. The number of para-hydroxylation sites is 1. The van der Waals surface area contributed by atoms with Gasteiger partial charge in [0.25, 0.3) is 0 Å². The van der Waals surface area contributed by atoms with E-state index in [9.17, 15) is 4.79 Å². The van der Waals surface area contributed by atoms with Crippen molar-refractivity contribution in [3.8, 4) is 23.0 Å². The SMILES string of the molecule is O=c1oc2ccccc2c2c1C(c1ccncc1)c1c(ncn3nc(-c4cccnc4)nc13)O2. The van der Waals surface area contributed by atoms with Crippen LogP contribution in [0.1, 0.15) is 22.6 Å². The number of nitrogens with zero attached hydrogens (tertiary/aromatic N) is 6. The molecule has 9 nitrogen and oxygen atoms in total. The molecular weight excluding hydrogens is 432 g/mol. The molecule has 34 heavy (non-hydrogen) atoms. The highest BCUT2D eigenvalue weighted by atomic mass is 16.5. The minimum atomic E-state index is -0.537. The van der Waals surface area contributed by atoms with Crippen molar-refractivity contribution < 1.29 is 9.15 Å². The maximum Gasteiger partial charge on any atom is 0.344 e. The summed E-state index contributed by atoms with van der Waals surface area (Å²) in [5, 5.41) is 5.28. The fraction of sp³-hybridized carbons (Fsp3) is 0.0400. The molecule has 6 aromatic rings. The first-order chi connectivity index (χ1) is 16.8. The zero-order valence-corrected chi connectivity index (χ0v) is 17.5. The molecule has 0 fully saturated rings. The third-order valence-electron chi connectivity index (χ3n) is 5.92. The van der Waals surface area contributed by atoms with E-state index in [1.807, 2.05) is 42.5 Å². The molecule has 1 aromatic carbocycles. The van der Waals surface area contributed by atoms with Crippen LogP contribution < -0.4 is 10.4 Å². The van der Waals surface area contributed by atoms with Gasteiger partial charge in [0.2, 0.25) is 5.88 Å². The van der Waals surface area contributed by atoms with Gasteiger partial charge in [-0.1, -0.05) is 12.1 Å². The van der Waals surface area contributed by atoms with E-state index in [-0.39, 0.29) is 0 Å². The molecule has 1 aliphatic rings. The molecule has 1 unspecified atom stereocenters. The van der Waals surface area contributed by atoms with E-state index in [4.69, 9.17) is 14.1 Å². The van der Waals surface area contributed by atoms with Crippen molar-refractivity contribution in [3.63, 3.8) is 0 Å². The molecule has 7 rings (SSSR count). The summed E-state index contributed by atoms with van der Waals surface area (Å²) >= 11 is 0. The molecule has 0 amide bonds. The van der Waals surface area contributed by atoms with Crippen molar-refractivity contribution in [3.05, 3.63) is 107 Å². The minimum Gasteiger partial charge on any atom is -0.437 e. The molecule has 162 valence electrons. The van der Waals surface area contributed by atoms with Crippen LogP contribution in [-0.2, 0) is 0 Å². The van der Waals surface area contributed by atoms with Gasteiger partial charge in [-0.25, -0.2) is 19.3 Å². The zero-order valence-electron chi connectivity index (χ0n) is 17.5. The Hall–Kier alpha value is -4.92. The number of hydrogen-bond donors (Lipinski definition) is 0. The lowest BCUT2D eigenvalue weighted by molar-refractivity contribution is 0.422. The molecule has 0 spiro atoms. The monoisotopic (exact) mass is 446 g/mol. The van der Waals surface area contributed by atoms with Crippen LogP contribution in [0.2, 0.25) is 0 Å². The van der Waals surface area contributed by atoms with Gasteiger partial charge in [0.15, 0.2) is 17.2 Å². The Morgan fingerprint density at radius 2 is 1.79 bits per heavy atom. The summed E-state index contributed by atoms with van der Waals surface area (Å²) in [6, 6.07) is 14.7. The van der Waals surface area contributed by atoms with Gasteiger partial charge in [-0.15, -0.1) is 5.10 Å². The van der Waals surface area contributed by atoms with E-state index in [1.54, 1.807) is 41.7 Å². The smallest absolute Gasteiger partial charge is 0.344 e. The third kappa shape index (κ3) is 2.67. The number of hydrogen-bond acceptors (Lipinski definition) is 8. The van der Waals surface area contributed by atoms with Crippen molar-refractivity contribution in [2.45, 2.75) is 5.92 Å². The molecule has 0 aliphatic carbocycles.